The first kappa shape index (κ1) is 16.8. The first-order chi connectivity index (χ1) is 13.0. The normalized spacial score (nSPS) is 11.6. The fourth-order valence-electron chi connectivity index (χ4n) is 2.84. The smallest absolute Gasteiger partial charge is 0.322 e. The molecule has 3 heterocycles. The van der Waals surface area contributed by atoms with Gasteiger partial charge < -0.3 is 4.40 Å². The molecule has 0 amide bonds. The average Bonchev–Trinajstić information content (AvgIpc) is 3.25. The molecule has 9 heteroatoms. The molecule has 0 aliphatic heterocycles. The second-order valence-corrected chi connectivity index (χ2v) is 5.86. The van der Waals surface area contributed by atoms with Gasteiger partial charge in [0.15, 0.2) is 0 Å². The highest BCUT2D eigenvalue weighted by Crippen LogP contribution is 2.31. The van der Waals surface area contributed by atoms with Gasteiger partial charge in [-0.25, -0.2) is 0 Å². The summed E-state index contributed by atoms with van der Waals surface area (Å²) in [5.41, 5.74) is 1.39. The van der Waals surface area contributed by atoms with Crippen LogP contribution in [0.1, 0.15) is 16.7 Å². The van der Waals surface area contributed by atoms with Crippen LogP contribution in [0.15, 0.2) is 54.9 Å². The van der Waals surface area contributed by atoms with E-state index in [0.29, 0.717) is 11.1 Å². The highest BCUT2D eigenvalue weighted by molar-refractivity contribution is 5.65. The van der Waals surface area contributed by atoms with Crippen LogP contribution >= 0.6 is 0 Å². The molecule has 27 heavy (non-hydrogen) atoms. The van der Waals surface area contributed by atoms with Crippen molar-refractivity contribution < 1.29 is 13.2 Å². The topological polar surface area (TPSA) is 71.8 Å². The molecule has 4 rings (SSSR count). The Kier molecular flexibility index (Phi) is 3.88. The number of hydrogen-bond acceptors (Lipinski definition) is 4. The molecule has 1 aromatic carbocycles. The summed E-state index contributed by atoms with van der Waals surface area (Å²) < 4.78 is 40.4. The molecule has 0 spiro atoms. The van der Waals surface area contributed by atoms with E-state index in [9.17, 15) is 18.4 Å². The second-order valence-electron chi connectivity index (χ2n) is 5.86. The van der Waals surface area contributed by atoms with Gasteiger partial charge >= 0.3 is 6.18 Å². The van der Waals surface area contributed by atoms with Crippen molar-refractivity contribution in [1.82, 2.24) is 24.6 Å². The molecule has 0 aliphatic rings. The molecular weight excluding hydrogens is 357 g/mol. The van der Waals surface area contributed by atoms with Crippen LogP contribution in [-0.2, 0) is 12.7 Å². The van der Waals surface area contributed by atoms with Crippen molar-refractivity contribution in [3.05, 3.63) is 71.5 Å². The van der Waals surface area contributed by atoms with Crippen molar-refractivity contribution in [2.45, 2.75) is 12.7 Å². The summed E-state index contributed by atoms with van der Waals surface area (Å²) in [5.74, 6) is 0.0865. The molecule has 4 aromatic rings. The SMILES string of the molecule is N#Cc1c(Cn2nnc(-c3cccc(C(F)(F)F)c3)n2)cn2ccccc12. The quantitative estimate of drug-likeness (QED) is 0.555. The van der Waals surface area contributed by atoms with E-state index < -0.39 is 11.7 Å². The van der Waals surface area contributed by atoms with E-state index in [1.807, 2.05) is 28.8 Å². The van der Waals surface area contributed by atoms with Crippen LogP contribution in [0.2, 0.25) is 0 Å². The van der Waals surface area contributed by atoms with Gasteiger partial charge in [-0.05, 0) is 29.5 Å². The summed E-state index contributed by atoms with van der Waals surface area (Å²) >= 11 is 0. The number of hydrogen-bond donors (Lipinski definition) is 0. The molecule has 0 fully saturated rings. The van der Waals surface area contributed by atoms with E-state index in [1.165, 1.54) is 16.9 Å². The predicted octanol–water partition coefficient (Wildman–Crippen LogP) is 3.53. The Morgan fingerprint density at radius 2 is 1.96 bits per heavy atom. The number of alkyl halides is 3. The molecule has 0 atom stereocenters. The lowest BCUT2D eigenvalue weighted by Gasteiger charge is -2.06. The number of rotatable bonds is 3. The Labute approximate surface area is 151 Å². The number of fused-ring (bicyclic) bond motifs is 1. The standard InChI is InChI=1S/C18H11F3N6/c19-18(20,21)14-5-3-4-12(8-14)17-23-25-27(24-17)11-13-10-26-7-2-1-6-16(26)15(13)9-22/h1-8,10H,11H2. The molecule has 0 saturated carbocycles. The summed E-state index contributed by atoms with van der Waals surface area (Å²) in [6.45, 7) is 0.177. The summed E-state index contributed by atoms with van der Waals surface area (Å²) in [6.07, 6.45) is -0.829. The maximum absolute atomic E-state index is 12.9. The van der Waals surface area contributed by atoms with E-state index in [-0.39, 0.29) is 17.9 Å². The molecule has 3 aromatic heterocycles. The zero-order chi connectivity index (χ0) is 19.0. The van der Waals surface area contributed by atoms with Crippen molar-refractivity contribution >= 4 is 5.52 Å². The fourth-order valence-corrected chi connectivity index (χ4v) is 2.84. The Balaban J connectivity index is 1.66. The minimum absolute atomic E-state index is 0.0865. The predicted molar refractivity (Wildman–Crippen MR) is 89.5 cm³/mol. The molecule has 0 unspecified atom stereocenters. The number of nitrogens with zero attached hydrogens (tertiary/aromatic N) is 6. The van der Waals surface area contributed by atoms with E-state index in [0.717, 1.165) is 17.6 Å². The number of tetrazole rings is 1. The largest absolute Gasteiger partial charge is 0.416 e. The van der Waals surface area contributed by atoms with Crippen LogP contribution in [-0.4, -0.2) is 24.6 Å². The second kappa shape index (κ2) is 6.25. The van der Waals surface area contributed by atoms with E-state index >= 15 is 0 Å². The van der Waals surface area contributed by atoms with Gasteiger partial charge in [0.25, 0.3) is 0 Å². The number of aromatic nitrogens is 5. The van der Waals surface area contributed by atoms with Crippen LogP contribution in [0.5, 0.6) is 0 Å². The first-order valence-corrected chi connectivity index (χ1v) is 7.90. The highest BCUT2D eigenvalue weighted by atomic mass is 19.4. The number of pyridine rings is 1. The third-order valence-corrected chi connectivity index (χ3v) is 4.09. The van der Waals surface area contributed by atoms with Gasteiger partial charge in [-0.1, -0.05) is 18.2 Å². The minimum Gasteiger partial charge on any atom is -0.322 e. The van der Waals surface area contributed by atoms with Crippen molar-refractivity contribution in [1.29, 1.82) is 5.26 Å². The zero-order valence-electron chi connectivity index (χ0n) is 13.7. The van der Waals surface area contributed by atoms with Crippen LogP contribution < -0.4 is 0 Å². The maximum atomic E-state index is 12.9. The van der Waals surface area contributed by atoms with Crippen molar-refractivity contribution in [2.24, 2.45) is 0 Å². The van der Waals surface area contributed by atoms with Crippen LogP contribution in [0.25, 0.3) is 16.9 Å². The lowest BCUT2D eigenvalue weighted by molar-refractivity contribution is -0.137. The van der Waals surface area contributed by atoms with E-state index in [1.54, 1.807) is 6.20 Å². The van der Waals surface area contributed by atoms with Gasteiger partial charge in [0.2, 0.25) is 5.82 Å². The third-order valence-electron chi connectivity index (χ3n) is 4.09. The summed E-state index contributed by atoms with van der Waals surface area (Å²) in [5, 5.41) is 21.3. The number of nitriles is 1. The first-order valence-electron chi connectivity index (χ1n) is 7.90. The van der Waals surface area contributed by atoms with Gasteiger partial charge in [0.1, 0.15) is 6.07 Å². The molecule has 0 radical (unpaired) electrons. The monoisotopic (exact) mass is 368 g/mol. The number of benzene rings is 1. The van der Waals surface area contributed by atoms with Gasteiger partial charge in [0, 0.05) is 23.5 Å². The number of halogens is 3. The molecular formula is C18H11F3N6. The van der Waals surface area contributed by atoms with Gasteiger partial charge in [-0.2, -0.15) is 23.2 Å². The van der Waals surface area contributed by atoms with Crippen molar-refractivity contribution in [2.75, 3.05) is 0 Å². The van der Waals surface area contributed by atoms with E-state index in [2.05, 4.69) is 21.5 Å². The molecule has 134 valence electrons. The lowest BCUT2D eigenvalue weighted by Crippen LogP contribution is -2.05. The Hall–Kier alpha value is -3.67. The minimum atomic E-state index is -4.44. The average molecular weight is 368 g/mol. The third kappa shape index (κ3) is 3.13. The molecule has 0 saturated heterocycles. The molecule has 0 aliphatic carbocycles. The Bertz CT molecular complexity index is 1170. The van der Waals surface area contributed by atoms with E-state index in [4.69, 9.17) is 0 Å². The lowest BCUT2D eigenvalue weighted by atomic mass is 10.1. The molecule has 6 nitrogen and oxygen atoms in total. The fraction of sp³-hybridized carbons (Fsp3) is 0.111. The summed E-state index contributed by atoms with van der Waals surface area (Å²) in [6, 6.07) is 12.4. The van der Waals surface area contributed by atoms with Gasteiger partial charge in [-0.15, -0.1) is 10.2 Å². The Morgan fingerprint density at radius 3 is 2.74 bits per heavy atom. The van der Waals surface area contributed by atoms with Crippen LogP contribution in [0.3, 0.4) is 0 Å². The Morgan fingerprint density at radius 1 is 1.11 bits per heavy atom. The zero-order valence-corrected chi connectivity index (χ0v) is 13.7. The summed E-state index contributed by atoms with van der Waals surface area (Å²) in [4.78, 5) is 1.26. The summed E-state index contributed by atoms with van der Waals surface area (Å²) in [7, 11) is 0. The van der Waals surface area contributed by atoms with Gasteiger partial charge in [0.05, 0.1) is 23.2 Å². The van der Waals surface area contributed by atoms with Gasteiger partial charge in [-0.3, -0.25) is 0 Å². The maximum Gasteiger partial charge on any atom is 0.416 e. The molecule has 0 N–H and O–H groups in total. The molecule has 0 bridgehead atoms. The highest BCUT2D eigenvalue weighted by Gasteiger charge is 2.30. The van der Waals surface area contributed by atoms with Crippen molar-refractivity contribution in [3.63, 3.8) is 0 Å². The van der Waals surface area contributed by atoms with Crippen LogP contribution in [0, 0.1) is 11.3 Å². The van der Waals surface area contributed by atoms with Crippen molar-refractivity contribution in [3.8, 4) is 17.5 Å². The van der Waals surface area contributed by atoms with Crippen LogP contribution in [0.4, 0.5) is 13.2 Å².